The quantitative estimate of drug-likeness (QED) is 0.591. The molecular weight excluding hydrogens is 336 g/mol. The maximum atomic E-state index is 10.2. The normalized spacial score (nSPS) is 16.1. The molecule has 0 radical (unpaired) electrons. The van der Waals surface area contributed by atoms with Crippen molar-refractivity contribution < 1.29 is 9.84 Å². The van der Waals surface area contributed by atoms with E-state index in [1.165, 1.54) is 41.4 Å². The first-order valence-corrected chi connectivity index (χ1v) is 9.93. The molecule has 0 spiro atoms. The summed E-state index contributed by atoms with van der Waals surface area (Å²) < 4.78 is 5.98. The number of H-pyrrole nitrogens is 1. The summed E-state index contributed by atoms with van der Waals surface area (Å²) in [5, 5.41) is 14.9. The first kappa shape index (κ1) is 18.1. The molecule has 27 heavy (non-hydrogen) atoms. The van der Waals surface area contributed by atoms with E-state index in [1.54, 1.807) is 0 Å². The Morgan fingerprint density at radius 3 is 2.78 bits per heavy atom. The Balaban J connectivity index is 1.31. The van der Waals surface area contributed by atoms with Gasteiger partial charge in [0.25, 0.3) is 0 Å². The SMILES string of the molecule is CC(COc1ccc2c3c([nH]c2c1)CCCC3)NCC(O)c1ccccc1. The lowest BCUT2D eigenvalue weighted by Gasteiger charge is -2.18. The van der Waals surface area contributed by atoms with Crippen LogP contribution in [0.25, 0.3) is 10.9 Å². The van der Waals surface area contributed by atoms with Crippen LogP contribution in [-0.4, -0.2) is 29.3 Å². The van der Waals surface area contributed by atoms with Gasteiger partial charge in [0.2, 0.25) is 0 Å². The highest BCUT2D eigenvalue weighted by atomic mass is 16.5. The van der Waals surface area contributed by atoms with Gasteiger partial charge in [-0.05, 0) is 55.9 Å². The molecule has 2 aromatic carbocycles. The predicted molar refractivity (Wildman–Crippen MR) is 109 cm³/mol. The van der Waals surface area contributed by atoms with Crippen LogP contribution in [0.2, 0.25) is 0 Å². The summed E-state index contributed by atoms with van der Waals surface area (Å²) >= 11 is 0. The molecule has 4 rings (SSSR count). The number of fused-ring (bicyclic) bond motifs is 3. The van der Waals surface area contributed by atoms with E-state index >= 15 is 0 Å². The third-order valence-corrected chi connectivity index (χ3v) is 5.41. The van der Waals surface area contributed by atoms with Crippen LogP contribution in [0.15, 0.2) is 48.5 Å². The van der Waals surface area contributed by atoms with Crippen LogP contribution in [0, 0.1) is 0 Å². The van der Waals surface area contributed by atoms with Gasteiger partial charge in [0.15, 0.2) is 0 Å². The lowest BCUT2D eigenvalue weighted by atomic mass is 9.96. The maximum Gasteiger partial charge on any atom is 0.121 e. The molecule has 0 aliphatic heterocycles. The molecule has 1 heterocycles. The highest BCUT2D eigenvalue weighted by Gasteiger charge is 2.16. The van der Waals surface area contributed by atoms with Gasteiger partial charge in [-0.25, -0.2) is 0 Å². The van der Waals surface area contributed by atoms with Crippen molar-refractivity contribution >= 4 is 10.9 Å². The number of nitrogens with one attached hydrogen (secondary N) is 2. The Kier molecular flexibility index (Phi) is 5.46. The monoisotopic (exact) mass is 364 g/mol. The fourth-order valence-corrected chi connectivity index (χ4v) is 3.87. The van der Waals surface area contributed by atoms with Crippen molar-refractivity contribution in [3.8, 4) is 5.75 Å². The van der Waals surface area contributed by atoms with Crippen molar-refractivity contribution in [3.63, 3.8) is 0 Å². The third kappa shape index (κ3) is 4.18. The zero-order valence-electron chi connectivity index (χ0n) is 15.9. The molecule has 1 aliphatic carbocycles. The van der Waals surface area contributed by atoms with E-state index in [4.69, 9.17) is 4.74 Å². The van der Waals surface area contributed by atoms with Crippen LogP contribution >= 0.6 is 0 Å². The van der Waals surface area contributed by atoms with Gasteiger partial charge in [-0.3, -0.25) is 0 Å². The van der Waals surface area contributed by atoms with Gasteiger partial charge in [-0.1, -0.05) is 30.3 Å². The summed E-state index contributed by atoms with van der Waals surface area (Å²) in [6.45, 7) is 3.15. The van der Waals surface area contributed by atoms with Crippen LogP contribution < -0.4 is 10.1 Å². The van der Waals surface area contributed by atoms with E-state index in [-0.39, 0.29) is 6.04 Å². The van der Waals surface area contributed by atoms with Crippen molar-refractivity contribution in [2.24, 2.45) is 0 Å². The van der Waals surface area contributed by atoms with Gasteiger partial charge in [-0.15, -0.1) is 0 Å². The van der Waals surface area contributed by atoms with Crippen molar-refractivity contribution in [3.05, 3.63) is 65.4 Å². The van der Waals surface area contributed by atoms with Crippen molar-refractivity contribution in [1.29, 1.82) is 0 Å². The minimum atomic E-state index is -0.504. The number of aliphatic hydroxyl groups excluding tert-OH is 1. The van der Waals surface area contributed by atoms with E-state index in [9.17, 15) is 5.11 Å². The molecule has 4 heteroatoms. The smallest absolute Gasteiger partial charge is 0.121 e. The van der Waals surface area contributed by atoms with E-state index in [2.05, 4.69) is 35.4 Å². The molecule has 3 N–H and O–H groups in total. The first-order chi connectivity index (χ1) is 13.2. The molecule has 0 amide bonds. The summed E-state index contributed by atoms with van der Waals surface area (Å²) in [4.78, 5) is 3.57. The number of aromatic amines is 1. The molecule has 4 nitrogen and oxygen atoms in total. The topological polar surface area (TPSA) is 57.3 Å². The third-order valence-electron chi connectivity index (χ3n) is 5.41. The fourth-order valence-electron chi connectivity index (χ4n) is 3.87. The lowest BCUT2D eigenvalue weighted by Crippen LogP contribution is -2.34. The van der Waals surface area contributed by atoms with Gasteiger partial charge in [0.1, 0.15) is 12.4 Å². The van der Waals surface area contributed by atoms with Crippen LogP contribution in [0.3, 0.4) is 0 Å². The first-order valence-electron chi connectivity index (χ1n) is 9.93. The largest absolute Gasteiger partial charge is 0.492 e. The van der Waals surface area contributed by atoms with E-state index in [0.29, 0.717) is 13.2 Å². The highest BCUT2D eigenvalue weighted by Crippen LogP contribution is 2.31. The van der Waals surface area contributed by atoms with E-state index in [1.807, 2.05) is 30.3 Å². The predicted octanol–water partition coefficient (Wildman–Crippen LogP) is 4.14. The molecule has 2 atom stereocenters. The standard InChI is InChI=1S/C23H28N2O2/c1-16(24-14-23(26)17-7-3-2-4-8-17)15-27-18-11-12-20-19-9-5-6-10-21(19)25-22(20)13-18/h2-4,7-8,11-13,16,23-26H,5-6,9-10,14-15H2,1H3. The average Bonchev–Trinajstić information content (AvgIpc) is 3.09. The number of benzene rings is 2. The van der Waals surface area contributed by atoms with Gasteiger partial charge >= 0.3 is 0 Å². The molecule has 1 aliphatic rings. The average molecular weight is 364 g/mol. The highest BCUT2D eigenvalue weighted by molar-refractivity contribution is 5.86. The maximum absolute atomic E-state index is 10.2. The van der Waals surface area contributed by atoms with Crippen LogP contribution in [0.1, 0.15) is 42.7 Å². The Bertz CT molecular complexity index is 888. The van der Waals surface area contributed by atoms with E-state index in [0.717, 1.165) is 17.7 Å². The Hall–Kier alpha value is -2.30. The summed E-state index contributed by atoms with van der Waals surface area (Å²) in [7, 11) is 0. The molecule has 0 saturated heterocycles. The molecule has 1 aromatic heterocycles. The van der Waals surface area contributed by atoms with Gasteiger partial charge in [0, 0.05) is 35.2 Å². The Labute approximate surface area is 160 Å². The van der Waals surface area contributed by atoms with Gasteiger partial charge in [0.05, 0.1) is 6.10 Å². The summed E-state index contributed by atoms with van der Waals surface area (Å²) in [6.07, 6.45) is 4.40. The molecule has 3 aromatic rings. The zero-order valence-corrected chi connectivity index (χ0v) is 15.9. The van der Waals surface area contributed by atoms with E-state index < -0.39 is 6.10 Å². The second kappa shape index (κ2) is 8.15. The molecule has 142 valence electrons. The number of hydrogen-bond donors (Lipinski definition) is 3. The minimum Gasteiger partial charge on any atom is -0.492 e. The van der Waals surface area contributed by atoms with Gasteiger partial charge < -0.3 is 20.1 Å². The summed E-state index contributed by atoms with van der Waals surface area (Å²) in [5.74, 6) is 0.887. The molecule has 0 saturated carbocycles. The van der Waals surface area contributed by atoms with Crippen LogP contribution in [-0.2, 0) is 12.8 Å². The number of aliphatic hydroxyl groups is 1. The fraction of sp³-hybridized carbons (Fsp3) is 0.391. The van der Waals surface area contributed by atoms with Crippen molar-refractivity contribution in [1.82, 2.24) is 10.3 Å². The Morgan fingerprint density at radius 2 is 1.93 bits per heavy atom. The second-order valence-corrected chi connectivity index (χ2v) is 7.54. The Morgan fingerprint density at radius 1 is 1.11 bits per heavy atom. The minimum absolute atomic E-state index is 0.149. The number of aryl methyl sites for hydroxylation is 2. The van der Waals surface area contributed by atoms with Crippen LogP contribution in [0.5, 0.6) is 5.75 Å². The number of hydrogen-bond acceptors (Lipinski definition) is 3. The number of aromatic nitrogens is 1. The molecular formula is C23H28N2O2. The number of rotatable bonds is 7. The zero-order chi connectivity index (χ0) is 18.6. The van der Waals surface area contributed by atoms with Crippen LogP contribution in [0.4, 0.5) is 0 Å². The van der Waals surface area contributed by atoms with Gasteiger partial charge in [-0.2, -0.15) is 0 Å². The second-order valence-electron chi connectivity index (χ2n) is 7.54. The molecule has 2 unspecified atom stereocenters. The summed E-state index contributed by atoms with van der Waals surface area (Å²) in [6, 6.07) is 16.2. The molecule has 0 bridgehead atoms. The lowest BCUT2D eigenvalue weighted by molar-refractivity contribution is 0.164. The molecule has 0 fully saturated rings. The summed E-state index contributed by atoms with van der Waals surface area (Å²) in [5.41, 5.74) is 5.00. The van der Waals surface area contributed by atoms with Crippen molar-refractivity contribution in [2.75, 3.05) is 13.2 Å². The van der Waals surface area contributed by atoms with Crippen molar-refractivity contribution in [2.45, 2.75) is 44.8 Å². The number of ether oxygens (including phenoxy) is 1.